The number of benzene rings is 2. The van der Waals surface area contributed by atoms with Gasteiger partial charge in [-0.25, -0.2) is 0 Å². The quantitative estimate of drug-likeness (QED) is 0.634. The van der Waals surface area contributed by atoms with Gasteiger partial charge in [0, 0.05) is 12.7 Å². The monoisotopic (exact) mass is 349 g/mol. The topological polar surface area (TPSA) is 56.1 Å². The third-order valence-corrected chi connectivity index (χ3v) is 3.95. The maximum atomic E-state index is 12.2. The summed E-state index contributed by atoms with van der Waals surface area (Å²) in [4.78, 5) is 12.2. The van der Waals surface area contributed by atoms with Crippen LogP contribution < -0.4 is 10.1 Å². The maximum absolute atomic E-state index is 12.2. The fourth-order valence-corrected chi connectivity index (χ4v) is 2.61. The van der Waals surface area contributed by atoms with Crippen LogP contribution in [0.15, 0.2) is 67.0 Å². The molecule has 0 bridgehead atoms. The van der Waals surface area contributed by atoms with Gasteiger partial charge in [0.15, 0.2) is 0 Å². The fourth-order valence-electron chi connectivity index (χ4n) is 2.61. The van der Waals surface area contributed by atoms with Gasteiger partial charge in [-0.1, -0.05) is 42.5 Å². The summed E-state index contributed by atoms with van der Waals surface area (Å²) in [5, 5.41) is 7.16. The molecule has 0 spiro atoms. The molecule has 1 aromatic heterocycles. The van der Waals surface area contributed by atoms with E-state index in [4.69, 9.17) is 4.74 Å². The van der Waals surface area contributed by atoms with E-state index in [1.807, 2.05) is 61.5 Å². The molecule has 0 saturated carbocycles. The highest BCUT2D eigenvalue weighted by Crippen LogP contribution is 2.12. The normalized spacial score (nSPS) is 10.5. The van der Waals surface area contributed by atoms with E-state index in [9.17, 15) is 4.79 Å². The number of hydrogen-bond acceptors (Lipinski definition) is 3. The minimum atomic E-state index is -0.111. The summed E-state index contributed by atoms with van der Waals surface area (Å²) in [5.41, 5.74) is 2.89. The molecule has 0 aliphatic carbocycles. The second-order valence-corrected chi connectivity index (χ2v) is 6.19. The van der Waals surface area contributed by atoms with E-state index in [1.165, 1.54) is 5.56 Å². The number of aryl methyl sites for hydroxylation is 1. The van der Waals surface area contributed by atoms with Crippen molar-refractivity contribution >= 4 is 5.91 Å². The van der Waals surface area contributed by atoms with Crippen molar-refractivity contribution in [3.63, 3.8) is 0 Å². The number of carbonyl (C=O) groups is 1. The largest absolute Gasteiger partial charge is 0.494 e. The average molecular weight is 349 g/mol. The lowest BCUT2D eigenvalue weighted by atomic mass is 10.2. The van der Waals surface area contributed by atoms with Crippen LogP contribution in [0, 0.1) is 6.92 Å². The first-order valence-corrected chi connectivity index (χ1v) is 8.75. The summed E-state index contributed by atoms with van der Waals surface area (Å²) in [7, 11) is 0. The number of amides is 1. The van der Waals surface area contributed by atoms with E-state index in [0.29, 0.717) is 25.3 Å². The first-order chi connectivity index (χ1) is 12.7. The molecular formula is C21H23N3O2. The Hall–Kier alpha value is -3.08. The number of carbonyl (C=O) groups excluding carboxylic acids is 1. The Morgan fingerprint density at radius 2 is 2.00 bits per heavy atom. The fraction of sp³-hybridized carbons (Fsp3) is 0.238. The van der Waals surface area contributed by atoms with Crippen molar-refractivity contribution in [3.8, 4) is 5.75 Å². The van der Waals surface area contributed by atoms with Crippen molar-refractivity contribution in [2.24, 2.45) is 0 Å². The van der Waals surface area contributed by atoms with Crippen molar-refractivity contribution in [3.05, 3.63) is 83.7 Å². The van der Waals surface area contributed by atoms with Gasteiger partial charge >= 0.3 is 0 Å². The highest BCUT2D eigenvalue weighted by atomic mass is 16.5. The minimum absolute atomic E-state index is 0.111. The first kappa shape index (κ1) is 17.7. The minimum Gasteiger partial charge on any atom is -0.494 e. The number of nitrogens with one attached hydrogen (secondary N) is 1. The van der Waals surface area contributed by atoms with Gasteiger partial charge in [0.1, 0.15) is 5.75 Å². The summed E-state index contributed by atoms with van der Waals surface area (Å²) in [5.74, 6) is 0.749. The Morgan fingerprint density at radius 3 is 2.81 bits per heavy atom. The molecule has 3 rings (SSSR count). The van der Waals surface area contributed by atoms with Crippen LogP contribution in [-0.4, -0.2) is 28.8 Å². The predicted octanol–water partition coefficient (Wildman–Crippen LogP) is 3.44. The Bertz CT molecular complexity index is 843. The van der Waals surface area contributed by atoms with Gasteiger partial charge < -0.3 is 10.1 Å². The van der Waals surface area contributed by atoms with Crippen molar-refractivity contribution in [2.75, 3.05) is 13.2 Å². The maximum Gasteiger partial charge on any atom is 0.254 e. The number of ether oxygens (including phenoxy) is 1. The highest BCUT2D eigenvalue weighted by Gasteiger charge is 2.08. The van der Waals surface area contributed by atoms with Crippen LogP contribution in [0.1, 0.15) is 27.9 Å². The van der Waals surface area contributed by atoms with E-state index < -0.39 is 0 Å². The first-order valence-electron chi connectivity index (χ1n) is 8.75. The standard InChI is InChI=1S/C21H23N3O2/c1-17-7-5-10-20(13-17)26-12-6-11-22-21(25)19-14-23-24(16-19)15-18-8-3-2-4-9-18/h2-5,7-10,13-14,16H,6,11-12,15H2,1H3,(H,22,25). The van der Waals surface area contributed by atoms with Crippen molar-refractivity contribution in [1.29, 1.82) is 0 Å². The van der Waals surface area contributed by atoms with Crippen LogP contribution in [0.5, 0.6) is 5.75 Å². The zero-order valence-corrected chi connectivity index (χ0v) is 14.9. The van der Waals surface area contributed by atoms with Gasteiger partial charge in [-0.3, -0.25) is 9.48 Å². The second kappa shape index (κ2) is 8.85. The highest BCUT2D eigenvalue weighted by molar-refractivity contribution is 5.93. The van der Waals surface area contributed by atoms with Crippen molar-refractivity contribution in [1.82, 2.24) is 15.1 Å². The molecule has 3 aromatic rings. The van der Waals surface area contributed by atoms with E-state index in [0.717, 1.165) is 17.7 Å². The van der Waals surface area contributed by atoms with Gasteiger partial charge in [-0.05, 0) is 36.6 Å². The molecular weight excluding hydrogens is 326 g/mol. The van der Waals surface area contributed by atoms with Gasteiger partial charge in [-0.15, -0.1) is 0 Å². The van der Waals surface area contributed by atoms with E-state index in [-0.39, 0.29) is 5.91 Å². The Labute approximate surface area is 153 Å². The van der Waals surface area contributed by atoms with E-state index >= 15 is 0 Å². The molecule has 1 heterocycles. The Balaban J connectivity index is 1.40. The van der Waals surface area contributed by atoms with Crippen LogP contribution >= 0.6 is 0 Å². The molecule has 26 heavy (non-hydrogen) atoms. The van der Waals surface area contributed by atoms with Gasteiger partial charge in [-0.2, -0.15) is 5.10 Å². The second-order valence-electron chi connectivity index (χ2n) is 6.19. The van der Waals surface area contributed by atoms with Crippen molar-refractivity contribution in [2.45, 2.75) is 19.9 Å². The lowest BCUT2D eigenvalue weighted by Gasteiger charge is -2.07. The molecule has 5 nitrogen and oxygen atoms in total. The number of hydrogen-bond donors (Lipinski definition) is 1. The SMILES string of the molecule is Cc1cccc(OCCCNC(=O)c2cnn(Cc3ccccc3)c2)c1. The summed E-state index contributed by atoms with van der Waals surface area (Å²) in [6.45, 7) is 3.81. The molecule has 134 valence electrons. The van der Waals surface area contributed by atoms with E-state index in [1.54, 1.807) is 17.1 Å². The molecule has 1 amide bonds. The lowest BCUT2D eigenvalue weighted by molar-refractivity contribution is 0.0951. The molecule has 0 aliphatic rings. The Kier molecular flexibility index (Phi) is 6.04. The summed E-state index contributed by atoms with van der Waals surface area (Å²) in [6.07, 6.45) is 4.12. The Morgan fingerprint density at radius 1 is 1.15 bits per heavy atom. The molecule has 0 atom stereocenters. The van der Waals surface area contributed by atoms with Crippen LogP contribution in [0.2, 0.25) is 0 Å². The molecule has 5 heteroatoms. The van der Waals surface area contributed by atoms with Gasteiger partial charge in [0.25, 0.3) is 5.91 Å². The summed E-state index contributed by atoms with van der Waals surface area (Å²) >= 11 is 0. The van der Waals surface area contributed by atoms with Gasteiger partial charge in [0.05, 0.1) is 24.9 Å². The molecule has 0 aliphatic heterocycles. The lowest BCUT2D eigenvalue weighted by Crippen LogP contribution is -2.25. The third-order valence-electron chi connectivity index (χ3n) is 3.95. The van der Waals surface area contributed by atoms with E-state index in [2.05, 4.69) is 10.4 Å². The number of nitrogens with zero attached hydrogens (tertiary/aromatic N) is 2. The molecule has 0 unspecified atom stereocenters. The zero-order valence-electron chi connectivity index (χ0n) is 14.9. The smallest absolute Gasteiger partial charge is 0.254 e. The van der Waals surface area contributed by atoms with Crippen LogP contribution in [-0.2, 0) is 6.54 Å². The average Bonchev–Trinajstić information content (AvgIpc) is 3.11. The predicted molar refractivity (Wildman–Crippen MR) is 101 cm³/mol. The van der Waals surface area contributed by atoms with Gasteiger partial charge in [0.2, 0.25) is 0 Å². The zero-order chi connectivity index (χ0) is 18.2. The van der Waals surface area contributed by atoms with Crippen molar-refractivity contribution < 1.29 is 9.53 Å². The molecule has 0 saturated heterocycles. The number of rotatable bonds is 8. The molecule has 0 radical (unpaired) electrons. The number of aromatic nitrogens is 2. The molecule has 0 fully saturated rings. The molecule has 2 aromatic carbocycles. The molecule has 1 N–H and O–H groups in total. The third kappa shape index (κ3) is 5.21. The van der Waals surface area contributed by atoms with Crippen LogP contribution in [0.25, 0.3) is 0 Å². The van der Waals surface area contributed by atoms with Crippen LogP contribution in [0.3, 0.4) is 0 Å². The van der Waals surface area contributed by atoms with Crippen LogP contribution in [0.4, 0.5) is 0 Å². The summed E-state index contributed by atoms with van der Waals surface area (Å²) < 4.78 is 7.45. The summed E-state index contributed by atoms with van der Waals surface area (Å²) in [6, 6.07) is 18.0.